The Labute approximate surface area is 112 Å². The van der Waals surface area contributed by atoms with E-state index in [4.69, 9.17) is 0 Å². The average molecular weight is 290 g/mol. The topological polar surface area (TPSA) is 58.6 Å². The minimum absolute atomic E-state index is 0.0551. The fourth-order valence-electron chi connectivity index (χ4n) is 1.86. The minimum atomic E-state index is -2.97. The lowest BCUT2D eigenvalue weighted by atomic mass is 10.2. The van der Waals surface area contributed by atoms with Gasteiger partial charge in [0.15, 0.2) is 0 Å². The summed E-state index contributed by atoms with van der Waals surface area (Å²) < 4.78 is 28.5. The number of nitrogens with zero attached hydrogens (tertiary/aromatic N) is 1. The molecule has 0 aliphatic carbocycles. The third-order valence-electron chi connectivity index (χ3n) is 2.73. The standard InChI is InChI=1S/C11H12F2N2O3S/c1-15-5-6(4-8(15)16)14-10(17)9-7(2-3-19-9)18-11(12)13/h2-3,6,11H,4-5H2,1H3,(H,14,17). The summed E-state index contributed by atoms with van der Waals surface area (Å²) in [6, 6.07) is 1.02. The van der Waals surface area contributed by atoms with Crippen molar-refractivity contribution >= 4 is 23.2 Å². The van der Waals surface area contributed by atoms with E-state index in [-0.39, 0.29) is 29.0 Å². The van der Waals surface area contributed by atoms with Gasteiger partial charge >= 0.3 is 6.61 Å². The number of thiophene rings is 1. The van der Waals surface area contributed by atoms with Gasteiger partial charge in [0.25, 0.3) is 5.91 Å². The summed E-state index contributed by atoms with van der Waals surface area (Å²) in [5, 5.41) is 4.14. The quantitative estimate of drug-likeness (QED) is 0.909. The Kier molecular flexibility index (Phi) is 3.98. The van der Waals surface area contributed by atoms with E-state index < -0.39 is 12.5 Å². The normalized spacial score (nSPS) is 19.1. The molecule has 0 spiro atoms. The maximum atomic E-state index is 12.1. The highest BCUT2D eigenvalue weighted by Crippen LogP contribution is 2.26. The Morgan fingerprint density at radius 2 is 2.37 bits per heavy atom. The van der Waals surface area contributed by atoms with Crippen molar-refractivity contribution in [1.29, 1.82) is 0 Å². The number of halogens is 2. The van der Waals surface area contributed by atoms with E-state index in [2.05, 4.69) is 10.1 Å². The Balaban J connectivity index is 2.00. The highest BCUT2D eigenvalue weighted by atomic mass is 32.1. The molecule has 1 aromatic heterocycles. The summed E-state index contributed by atoms with van der Waals surface area (Å²) in [5.74, 6) is -0.700. The van der Waals surface area contributed by atoms with Crippen molar-refractivity contribution in [2.45, 2.75) is 19.1 Å². The van der Waals surface area contributed by atoms with Crippen LogP contribution in [0.3, 0.4) is 0 Å². The fraction of sp³-hybridized carbons (Fsp3) is 0.455. The van der Waals surface area contributed by atoms with Crippen LogP contribution in [-0.2, 0) is 4.79 Å². The van der Waals surface area contributed by atoms with E-state index in [1.165, 1.54) is 16.3 Å². The number of alkyl halides is 2. The third kappa shape index (κ3) is 3.19. The van der Waals surface area contributed by atoms with Gasteiger partial charge in [-0.1, -0.05) is 0 Å². The van der Waals surface area contributed by atoms with E-state index >= 15 is 0 Å². The number of hydrogen-bond donors (Lipinski definition) is 1. The van der Waals surface area contributed by atoms with E-state index in [1.807, 2.05) is 0 Å². The number of nitrogens with one attached hydrogen (secondary N) is 1. The molecular weight excluding hydrogens is 278 g/mol. The Bertz CT molecular complexity index is 492. The largest absolute Gasteiger partial charge is 0.433 e. The lowest BCUT2D eigenvalue weighted by Gasteiger charge is -2.12. The van der Waals surface area contributed by atoms with Gasteiger partial charge in [0.05, 0.1) is 6.04 Å². The van der Waals surface area contributed by atoms with Gasteiger partial charge in [-0.05, 0) is 11.4 Å². The van der Waals surface area contributed by atoms with Crippen molar-refractivity contribution in [1.82, 2.24) is 10.2 Å². The molecule has 1 atom stereocenters. The molecule has 5 nitrogen and oxygen atoms in total. The molecule has 0 aromatic carbocycles. The summed E-state index contributed by atoms with van der Waals surface area (Å²) >= 11 is 1.02. The zero-order chi connectivity index (χ0) is 14.0. The number of likely N-dealkylation sites (N-methyl/N-ethyl adjacent to an activating group) is 1. The van der Waals surface area contributed by atoms with Gasteiger partial charge in [-0.15, -0.1) is 11.3 Å². The van der Waals surface area contributed by atoms with Crippen LogP contribution in [0.4, 0.5) is 8.78 Å². The van der Waals surface area contributed by atoms with Gasteiger partial charge in [0.2, 0.25) is 5.91 Å². The van der Waals surface area contributed by atoms with Crippen LogP contribution in [0.1, 0.15) is 16.1 Å². The van der Waals surface area contributed by atoms with E-state index in [1.54, 1.807) is 7.05 Å². The second-order valence-corrected chi connectivity index (χ2v) is 5.06. The minimum Gasteiger partial charge on any atom is -0.433 e. The summed E-state index contributed by atoms with van der Waals surface area (Å²) in [7, 11) is 1.64. The summed E-state index contributed by atoms with van der Waals surface area (Å²) in [6.07, 6.45) is 0.221. The molecule has 1 unspecified atom stereocenters. The van der Waals surface area contributed by atoms with Crippen molar-refractivity contribution in [2.24, 2.45) is 0 Å². The first kappa shape index (κ1) is 13.7. The Hall–Kier alpha value is -1.70. The summed E-state index contributed by atoms with van der Waals surface area (Å²) in [5.41, 5.74) is 0. The number of carbonyl (C=O) groups excluding carboxylic acids is 2. The van der Waals surface area contributed by atoms with Gasteiger partial charge in [-0.3, -0.25) is 9.59 Å². The number of ether oxygens (including phenoxy) is 1. The third-order valence-corrected chi connectivity index (χ3v) is 3.62. The maximum Gasteiger partial charge on any atom is 0.387 e. The molecular formula is C11H12F2N2O3S. The second kappa shape index (κ2) is 5.52. The molecule has 1 N–H and O–H groups in total. The van der Waals surface area contributed by atoms with Crippen molar-refractivity contribution in [3.63, 3.8) is 0 Å². The molecule has 0 saturated carbocycles. The first-order valence-electron chi connectivity index (χ1n) is 5.54. The van der Waals surface area contributed by atoms with Crippen LogP contribution in [0.25, 0.3) is 0 Å². The highest BCUT2D eigenvalue weighted by Gasteiger charge is 2.29. The van der Waals surface area contributed by atoms with Gasteiger partial charge in [0, 0.05) is 20.0 Å². The van der Waals surface area contributed by atoms with Crippen molar-refractivity contribution in [3.05, 3.63) is 16.3 Å². The molecule has 104 valence electrons. The molecule has 1 saturated heterocycles. The van der Waals surface area contributed by atoms with Crippen LogP contribution < -0.4 is 10.1 Å². The molecule has 8 heteroatoms. The van der Waals surface area contributed by atoms with Gasteiger partial charge in [0.1, 0.15) is 10.6 Å². The van der Waals surface area contributed by atoms with Crippen molar-refractivity contribution in [3.8, 4) is 5.75 Å². The summed E-state index contributed by atoms with van der Waals surface area (Å²) in [6.45, 7) is -2.55. The first-order chi connectivity index (χ1) is 8.97. The van der Waals surface area contributed by atoms with Gasteiger partial charge < -0.3 is 15.0 Å². The average Bonchev–Trinajstić information content (AvgIpc) is 2.86. The number of rotatable bonds is 4. The molecule has 2 rings (SSSR count). The molecule has 1 aliphatic heterocycles. The molecule has 1 aromatic rings. The predicted molar refractivity (Wildman–Crippen MR) is 64.5 cm³/mol. The van der Waals surface area contributed by atoms with Gasteiger partial charge in [-0.25, -0.2) is 0 Å². The van der Waals surface area contributed by atoms with Crippen LogP contribution in [0.15, 0.2) is 11.4 Å². The molecule has 19 heavy (non-hydrogen) atoms. The van der Waals surface area contributed by atoms with Gasteiger partial charge in [-0.2, -0.15) is 8.78 Å². The molecule has 2 heterocycles. The van der Waals surface area contributed by atoms with Crippen LogP contribution in [0.2, 0.25) is 0 Å². The van der Waals surface area contributed by atoms with E-state index in [0.29, 0.717) is 6.54 Å². The number of hydrogen-bond acceptors (Lipinski definition) is 4. The van der Waals surface area contributed by atoms with E-state index in [0.717, 1.165) is 11.3 Å². The zero-order valence-corrected chi connectivity index (χ0v) is 10.9. The van der Waals surface area contributed by atoms with Crippen LogP contribution >= 0.6 is 11.3 Å². The number of amides is 2. The summed E-state index contributed by atoms with van der Waals surface area (Å²) in [4.78, 5) is 24.8. The molecule has 1 aliphatic rings. The van der Waals surface area contributed by atoms with E-state index in [9.17, 15) is 18.4 Å². The molecule has 1 fully saturated rings. The van der Waals surface area contributed by atoms with Crippen molar-refractivity contribution in [2.75, 3.05) is 13.6 Å². The molecule has 0 radical (unpaired) electrons. The second-order valence-electron chi connectivity index (χ2n) is 4.14. The first-order valence-corrected chi connectivity index (χ1v) is 6.42. The molecule has 0 bridgehead atoms. The number of likely N-dealkylation sites (tertiary alicyclic amines) is 1. The zero-order valence-electron chi connectivity index (χ0n) is 10.1. The van der Waals surface area contributed by atoms with Crippen LogP contribution in [-0.4, -0.2) is 43.0 Å². The fourth-order valence-corrected chi connectivity index (χ4v) is 2.59. The smallest absolute Gasteiger partial charge is 0.387 e. The van der Waals surface area contributed by atoms with Crippen LogP contribution in [0.5, 0.6) is 5.75 Å². The lowest BCUT2D eigenvalue weighted by Crippen LogP contribution is -2.36. The lowest BCUT2D eigenvalue weighted by molar-refractivity contribution is -0.126. The monoisotopic (exact) mass is 290 g/mol. The van der Waals surface area contributed by atoms with Crippen molar-refractivity contribution < 1.29 is 23.1 Å². The van der Waals surface area contributed by atoms with Crippen LogP contribution in [0, 0.1) is 0 Å². The Morgan fingerprint density at radius 3 is 2.95 bits per heavy atom. The maximum absolute atomic E-state index is 12.1. The highest BCUT2D eigenvalue weighted by molar-refractivity contribution is 7.12. The Morgan fingerprint density at radius 1 is 1.63 bits per heavy atom. The number of carbonyl (C=O) groups is 2. The SMILES string of the molecule is CN1CC(NC(=O)c2sccc2OC(F)F)CC1=O. The molecule has 2 amide bonds. The predicted octanol–water partition coefficient (Wildman–Crippen LogP) is 1.31.